The van der Waals surface area contributed by atoms with Gasteiger partial charge in [0.2, 0.25) is 0 Å². The van der Waals surface area contributed by atoms with E-state index in [-0.39, 0.29) is 6.73 Å². The molecule has 0 saturated heterocycles. The fraction of sp³-hybridized carbons (Fsp3) is 0.324. The number of aryl methyl sites for hydroxylation is 2. The molecule has 0 radical (unpaired) electrons. The van der Waals surface area contributed by atoms with E-state index in [0.717, 1.165) is 22.7 Å². The van der Waals surface area contributed by atoms with E-state index in [0.29, 0.717) is 59.5 Å². The Morgan fingerprint density at radius 3 is 2.69 bits per heavy atom. The first-order valence-corrected chi connectivity index (χ1v) is 20.8. The van der Waals surface area contributed by atoms with Crippen molar-refractivity contribution in [3.8, 4) is 17.5 Å². The van der Waals surface area contributed by atoms with E-state index in [1.807, 2.05) is 19.1 Å². The second-order valence-electron chi connectivity index (χ2n) is 13.2. The van der Waals surface area contributed by atoms with E-state index in [1.165, 1.54) is 35.0 Å². The maximum atomic E-state index is 14.8. The minimum atomic E-state index is -4.52. The second kappa shape index (κ2) is 13.0. The van der Waals surface area contributed by atoms with E-state index in [4.69, 9.17) is 14.3 Å². The lowest BCUT2D eigenvalue weighted by Crippen LogP contribution is -2.37. The van der Waals surface area contributed by atoms with Gasteiger partial charge in [0.25, 0.3) is 15.7 Å². The van der Waals surface area contributed by atoms with Crippen molar-refractivity contribution < 1.29 is 22.5 Å². The van der Waals surface area contributed by atoms with Gasteiger partial charge in [0.1, 0.15) is 12.4 Å². The molecular formula is C34H36N6O6SSi. The standard InChI is InChI=1S/C34H36N6O6SSi/c1-23-16-27-24(17-25(23)19-35)8-7-10-30(27)39(47(43,44)33-11-6-5-9-31(33)40(41)42)26-12-13-29-28(18-26)34(32-20-36-21-46-32)37-38(29)22-45-14-15-48(2,3)4/h5-6,9,11-13,16-18,20-21,30H,7-8,10,14-15,22H2,1-4H3. The molecule has 1 aliphatic carbocycles. The van der Waals surface area contributed by atoms with Gasteiger partial charge in [-0.05, 0) is 79.3 Å². The van der Waals surface area contributed by atoms with Crippen LogP contribution in [-0.4, -0.2) is 42.8 Å². The molecule has 14 heteroatoms. The van der Waals surface area contributed by atoms with Gasteiger partial charge in [-0.2, -0.15) is 10.4 Å². The van der Waals surface area contributed by atoms with Crippen LogP contribution in [0, 0.1) is 28.4 Å². The number of ether oxygens (including phenoxy) is 1. The summed E-state index contributed by atoms with van der Waals surface area (Å²) in [5.41, 5.74) is 3.84. The lowest BCUT2D eigenvalue weighted by atomic mass is 9.85. The van der Waals surface area contributed by atoms with Crippen LogP contribution in [0.4, 0.5) is 11.4 Å². The Balaban J connectivity index is 1.54. The predicted molar refractivity (Wildman–Crippen MR) is 184 cm³/mol. The number of nitro groups is 1. The Morgan fingerprint density at radius 2 is 1.98 bits per heavy atom. The third-order valence-electron chi connectivity index (χ3n) is 8.64. The molecule has 48 heavy (non-hydrogen) atoms. The zero-order valence-corrected chi connectivity index (χ0v) is 29.0. The number of hydrogen-bond donors (Lipinski definition) is 0. The van der Waals surface area contributed by atoms with Gasteiger partial charge in [0.05, 0.1) is 40.0 Å². The number of nitriles is 1. The number of benzene rings is 3. The number of fused-ring (bicyclic) bond motifs is 2. The summed E-state index contributed by atoms with van der Waals surface area (Å²) in [6, 6.07) is 16.8. The minimum absolute atomic E-state index is 0.184. The van der Waals surface area contributed by atoms with Crippen LogP contribution >= 0.6 is 0 Å². The molecule has 248 valence electrons. The SMILES string of the molecule is Cc1cc2c(cc1C#N)CCCC2N(c1ccc2c(c1)c(-c1cnco1)nn2COCC[Si](C)(C)C)S(=O)(=O)c1ccccc1[N+](=O)[O-]. The van der Waals surface area contributed by atoms with Gasteiger partial charge in [-0.1, -0.05) is 37.8 Å². The van der Waals surface area contributed by atoms with Crippen LogP contribution in [0.15, 0.2) is 76.5 Å². The van der Waals surface area contributed by atoms with Gasteiger partial charge in [0, 0.05) is 26.1 Å². The van der Waals surface area contributed by atoms with Gasteiger partial charge in [-0.25, -0.2) is 18.1 Å². The number of nitro benzene ring substituents is 1. The summed E-state index contributed by atoms with van der Waals surface area (Å²) in [5.74, 6) is 0.397. The van der Waals surface area contributed by atoms with Crippen LogP contribution in [0.2, 0.25) is 25.7 Å². The topological polar surface area (TPSA) is 157 Å². The molecule has 1 atom stereocenters. The number of anilines is 1. The molecule has 0 fully saturated rings. The quantitative estimate of drug-likeness (QED) is 0.0600. The smallest absolute Gasteiger partial charge is 0.289 e. The molecule has 0 bridgehead atoms. The Hall–Kier alpha value is -4.84. The number of rotatable bonds is 11. The molecule has 2 aromatic heterocycles. The van der Waals surface area contributed by atoms with Crippen LogP contribution in [0.3, 0.4) is 0 Å². The molecule has 0 N–H and O–H groups in total. The van der Waals surface area contributed by atoms with E-state index in [9.17, 15) is 23.8 Å². The molecule has 12 nitrogen and oxygen atoms in total. The monoisotopic (exact) mass is 684 g/mol. The molecule has 0 aliphatic heterocycles. The van der Waals surface area contributed by atoms with E-state index in [1.54, 1.807) is 29.1 Å². The highest BCUT2D eigenvalue weighted by atomic mass is 32.2. The Morgan fingerprint density at radius 1 is 1.19 bits per heavy atom. The van der Waals surface area contributed by atoms with Crippen molar-refractivity contribution in [2.45, 2.75) is 69.5 Å². The zero-order chi connectivity index (χ0) is 34.2. The van der Waals surface area contributed by atoms with Crippen molar-refractivity contribution in [2.24, 2.45) is 0 Å². The van der Waals surface area contributed by atoms with Crippen LogP contribution in [-0.2, 0) is 27.9 Å². The average Bonchev–Trinajstić information content (AvgIpc) is 3.71. The first kappa shape index (κ1) is 33.1. The molecule has 3 aromatic carbocycles. The van der Waals surface area contributed by atoms with Crippen molar-refractivity contribution in [1.82, 2.24) is 14.8 Å². The van der Waals surface area contributed by atoms with Gasteiger partial charge >= 0.3 is 0 Å². The lowest BCUT2D eigenvalue weighted by molar-refractivity contribution is -0.387. The van der Waals surface area contributed by atoms with Gasteiger partial charge in [-0.15, -0.1) is 0 Å². The molecule has 0 amide bonds. The maximum absolute atomic E-state index is 14.8. The third kappa shape index (κ3) is 6.36. The molecular weight excluding hydrogens is 649 g/mol. The second-order valence-corrected chi connectivity index (χ2v) is 20.6. The molecule has 1 unspecified atom stereocenters. The number of aromatic nitrogens is 3. The Kier molecular flexibility index (Phi) is 8.95. The highest BCUT2D eigenvalue weighted by Gasteiger charge is 2.39. The molecule has 0 spiro atoms. The average molecular weight is 685 g/mol. The summed E-state index contributed by atoms with van der Waals surface area (Å²) >= 11 is 0. The van der Waals surface area contributed by atoms with Crippen LogP contribution in [0.5, 0.6) is 0 Å². The normalized spacial score (nSPS) is 14.9. The van der Waals surface area contributed by atoms with E-state index < -0.39 is 39.6 Å². The Labute approximate surface area is 279 Å². The summed E-state index contributed by atoms with van der Waals surface area (Å²) in [6.07, 6.45) is 4.65. The van der Waals surface area contributed by atoms with Crippen molar-refractivity contribution >= 4 is 40.4 Å². The van der Waals surface area contributed by atoms with Crippen LogP contribution < -0.4 is 4.31 Å². The summed E-state index contributed by atoms with van der Waals surface area (Å²) in [7, 11) is -5.83. The van der Waals surface area contributed by atoms with Gasteiger partial charge < -0.3 is 9.15 Å². The fourth-order valence-corrected chi connectivity index (χ4v) is 8.74. The lowest BCUT2D eigenvalue weighted by Gasteiger charge is -2.37. The predicted octanol–water partition coefficient (Wildman–Crippen LogP) is 7.36. The summed E-state index contributed by atoms with van der Waals surface area (Å²) < 4.78 is 44.2. The van der Waals surface area contributed by atoms with Gasteiger partial charge in [0.15, 0.2) is 17.0 Å². The molecule has 0 saturated carbocycles. The van der Waals surface area contributed by atoms with Crippen molar-refractivity contribution in [3.05, 3.63) is 99.6 Å². The minimum Gasteiger partial charge on any atom is -0.442 e. The van der Waals surface area contributed by atoms with Crippen molar-refractivity contribution in [1.29, 1.82) is 5.26 Å². The van der Waals surface area contributed by atoms with E-state index in [2.05, 4.69) is 30.7 Å². The molecule has 2 heterocycles. The Bertz CT molecular complexity index is 2150. The summed E-state index contributed by atoms with van der Waals surface area (Å²) in [4.78, 5) is 15.1. The third-order valence-corrected chi connectivity index (χ3v) is 12.2. The number of oxazole rings is 1. The summed E-state index contributed by atoms with van der Waals surface area (Å²) in [6.45, 7) is 9.43. The molecule has 5 aromatic rings. The van der Waals surface area contributed by atoms with Crippen molar-refractivity contribution in [3.63, 3.8) is 0 Å². The number of para-hydroxylation sites is 1. The van der Waals surface area contributed by atoms with Crippen molar-refractivity contribution in [2.75, 3.05) is 10.9 Å². The first-order chi connectivity index (χ1) is 22.9. The number of nitrogens with zero attached hydrogens (tertiary/aromatic N) is 6. The van der Waals surface area contributed by atoms with Gasteiger partial charge in [-0.3, -0.25) is 14.4 Å². The number of hydrogen-bond acceptors (Lipinski definition) is 9. The maximum Gasteiger partial charge on any atom is 0.289 e. The number of sulfonamides is 1. The van der Waals surface area contributed by atoms with Crippen LogP contribution in [0.1, 0.15) is 41.1 Å². The molecule has 1 aliphatic rings. The zero-order valence-electron chi connectivity index (χ0n) is 27.2. The van der Waals surface area contributed by atoms with E-state index >= 15 is 0 Å². The fourth-order valence-electron chi connectivity index (χ4n) is 6.17. The van der Waals surface area contributed by atoms with Crippen LogP contribution in [0.25, 0.3) is 22.4 Å². The summed E-state index contributed by atoms with van der Waals surface area (Å²) in [5, 5.41) is 27.2. The first-order valence-electron chi connectivity index (χ1n) is 15.7. The highest BCUT2D eigenvalue weighted by molar-refractivity contribution is 7.93. The highest BCUT2D eigenvalue weighted by Crippen LogP contribution is 2.44. The largest absolute Gasteiger partial charge is 0.442 e. The molecule has 6 rings (SSSR count).